The highest BCUT2D eigenvalue weighted by atomic mass is 79.9. The van der Waals surface area contributed by atoms with Crippen molar-refractivity contribution < 1.29 is 9.59 Å². The van der Waals surface area contributed by atoms with Crippen molar-refractivity contribution in [2.24, 2.45) is 11.8 Å². The molecule has 0 radical (unpaired) electrons. The highest BCUT2D eigenvalue weighted by Crippen LogP contribution is 2.41. The number of carbonyl (C=O) groups is 2. The number of nitrogens with zero attached hydrogens (tertiary/aromatic N) is 2. The van der Waals surface area contributed by atoms with Gasteiger partial charge in [-0.2, -0.15) is 0 Å². The topological polar surface area (TPSA) is 50.3 Å². The average molecular weight is 309 g/mol. The zero-order chi connectivity index (χ0) is 12.9. The van der Waals surface area contributed by atoms with Gasteiger partial charge in [-0.25, -0.2) is 9.88 Å². The van der Waals surface area contributed by atoms with Crippen molar-refractivity contribution in [1.29, 1.82) is 0 Å². The summed E-state index contributed by atoms with van der Waals surface area (Å²) in [4.78, 5) is 30.1. The number of aryl methyl sites for hydroxylation is 1. The molecule has 2 atom stereocenters. The predicted molar refractivity (Wildman–Crippen MR) is 70.0 cm³/mol. The molecule has 2 unspecified atom stereocenters. The van der Waals surface area contributed by atoms with Crippen LogP contribution in [0.2, 0.25) is 0 Å². The molecule has 1 saturated carbocycles. The number of carbonyl (C=O) groups excluding carboxylic acids is 2. The fourth-order valence-corrected chi connectivity index (χ4v) is 3.09. The van der Waals surface area contributed by atoms with Crippen LogP contribution in [0.3, 0.4) is 0 Å². The van der Waals surface area contributed by atoms with Crippen LogP contribution in [0.4, 0.5) is 5.82 Å². The Hall–Kier alpha value is -1.23. The van der Waals surface area contributed by atoms with Crippen LogP contribution in [0, 0.1) is 18.8 Å². The van der Waals surface area contributed by atoms with Crippen molar-refractivity contribution in [3.63, 3.8) is 0 Å². The molecule has 0 bridgehead atoms. The Bertz CT molecular complexity index is 522. The number of hydrogen-bond donors (Lipinski definition) is 0. The quantitative estimate of drug-likeness (QED) is 0.749. The van der Waals surface area contributed by atoms with E-state index in [1.165, 1.54) is 4.90 Å². The number of hydrogen-bond acceptors (Lipinski definition) is 3. The maximum atomic E-state index is 12.2. The lowest BCUT2D eigenvalue weighted by Gasteiger charge is -2.15. The number of rotatable bonds is 1. The molecule has 0 N–H and O–H groups in total. The molecule has 4 nitrogen and oxygen atoms in total. The summed E-state index contributed by atoms with van der Waals surface area (Å²) in [6.07, 6.45) is 2.65. The lowest BCUT2D eigenvalue weighted by atomic mass is 10.00. The van der Waals surface area contributed by atoms with Gasteiger partial charge >= 0.3 is 0 Å². The van der Waals surface area contributed by atoms with Gasteiger partial charge in [0, 0.05) is 4.47 Å². The maximum absolute atomic E-state index is 12.2. The molecule has 1 aromatic heterocycles. The fourth-order valence-electron chi connectivity index (χ4n) is 2.87. The van der Waals surface area contributed by atoms with Gasteiger partial charge in [0.1, 0.15) is 5.82 Å². The van der Waals surface area contributed by atoms with Crippen molar-refractivity contribution in [1.82, 2.24) is 4.98 Å². The van der Waals surface area contributed by atoms with Gasteiger partial charge < -0.3 is 0 Å². The van der Waals surface area contributed by atoms with Gasteiger partial charge in [-0.05, 0) is 47.8 Å². The van der Waals surface area contributed by atoms with Crippen LogP contribution in [0.5, 0.6) is 0 Å². The summed E-state index contributed by atoms with van der Waals surface area (Å²) in [7, 11) is 0. The molecule has 2 fully saturated rings. The second kappa shape index (κ2) is 4.16. The van der Waals surface area contributed by atoms with Crippen LogP contribution < -0.4 is 4.90 Å². The number of aromatic nitrogens is 1. The van der Waals surface area contributed by atoms with Crippen molar-refractivity contribution >= 4 is 33.6 Å². The Morgan fingerprint density at radius 2 is 1.83 bits per heavy atom. The Morgan fingerprint density at radius 1 is 1.22 bits per heavy atom. The minimum absolute atomic E-state index is 0.0725. The molecule has 1 aromatic rings. The van der Waals surface area contributed by atoms with E-state index in [0.717, 1.165) is 29.4 Å². The molecule has 0 spiro atoms. The number of amides is 2. The van der Waals surface area contributed by atoms with Crippen LogP contribution >= 0.6 is 15.9 Å². The van der Waals surface area contributed by atoms with E-state index >= 15 is 0 Å². The van der Waals surface area contributed by atoms with Crippen molar-refractivity contribution in [3.05, 3.63) is 22.3 Å². The van der Waals surface area contributed by atoms with Gasteiger partial charge in [0.2, 0.25) is 11.8 Å². The van der Waals surface area contributed by atoms with Gasteiger partial charge in [0.15, 0.2) is 0 Å². The van der Waals surface area contributed by atoms with Crippen LogP contribution in [0.25, 0.3) is 0 Å². The van der Waals surface area contributed by atoms with E-state index in [9.17, 15) is 9.59 Å². The number of imide groups is 1. The molecule has 18 heavy (non-hydrogen) atoms. The van der Waals surface area contributed by atoms with Crippen LogP contribution in [-0.4, -0.2) is 16.8 Å². The van der Waals surface area contributed by atoms with Crippen LogP contribution in [0.1, 0.15) is 25.0 Å². The van der Waals surface area contributed by atoms with Crippen molar-refractivity contribution in [2.75, 3.05) is 4.90 Å². The van der Waals surface area contributed by atoms with E-state index in [-0.39, 0.29) is 23.7 Å². The summed E-state index contributed by atoms with van der Waals surface area (Å²) in [5, 5.41) is 0. The molecule has 1 aliphatic heterocycles. The Kier molecular flexibility index (Phi) is 2.73. The molecular formula is C13H13BrN2O2. The smallest absolute Gasteiger partial charge is 0.238 e. The van der Waals surface area contributed by atoms with Gasteiger partial charge in [0.05, 0.1) is 17.5 Å². The molecular weight excluding hydrogens is 296 g/mol. The fraction of sp³-hybridized carbons (Fsp3) is 0.462. The van der Waals surface area contributed by atoms with E-state index in [1.54, 1.807) is 6.07 Å². The Labute approximate surface area is 114 Å². The average Bonchev–Trinajstić information content (AvgIpc) is 2.89. The first-order chi connectivity index (χ1) is 8.59. The minimum atomic E-state index is -0.108. The first kappa shape index (κ1) is 11.8. The predicted octanol–water partition coefficient (Wildman–Crippen LogP) is 2.44. The summed E-state index contributed by atoms with van der Waals surface area (Å²) in [5.74, 6) is 0.0973. The Morgan fingerprint density at radius 3 is 2.39 bits per heavy atom. The zero-order valence-electron chi connectivity index (χ0n) is 10.0. The van der Waals surface area contributed by atoms with Gasteiger partial charge in [0.25, 0.3) is 0 Å². The van der Waals surface area contributed by atoms with E-state index in [1.807, 2.05) is 13.0 Å². The largest absolute Gasteiger partial charge is 0.274 e. The third kappa shape index (κ3) is 1.61. The summed E-state index contributed by atoms with van der Waals surface area (Å²) >= 11 is 3.37. The van der Waals surface area contributed by atoms with E-state index in [4.69, 9.17) is 0 Å². The molecule has 94 valence electrons. The molecule has 2 heterocycles. The minimum Gasteiger partial charge on any atom is -0.274 e. The lowest BCUT2D eigenvalue weighted by Crippen LogP contribution is -2.32. The van der Waals surface area contributed by atoms with Crippen molar-refractivity contribution in [3.8, 4) is 0 Å². The lowest BCUT2D eigenvalue weighted by molar-refractivity contribution is -0.122. The SMILES string of the molecule is Cc1nc(N2C(=O)C3CCCC3C2=O)ccc1Br. The number of halogens is 1. The van der Waals surface area contributed by atoms with Crippen LogP contribution in [-0.2, 0) is 9.59 Å². The monoisotopic (exact) mass is 308 g/mol. The molecule has 0 aromatic carbocycles. The normalized spacial score (nSPS) is 26.9. The summed E-state index contributed by atoms with van der Waals surface area (Å²) in [6.45, 7) is 1.85. The van der Waals surface area contributed by atoms with Crippen molar-refractivity contribution in [2.45, 2.75) is 26.2 Å². The number of pyridine rings is 1. The highest BCUT2D eigenvalue weighted by Gasteiger charge is 2.50. The zero-order valence-corrected chi connectivity index (χ0v) is 11.6. The summed E-state index contributed by atoms with van der Waals surface area (Å²) < 4.78 is 0.880. The molecule has 3 rings (SSSR count). The molecule has 1 aliphatic carbocycles. The third-order valence-corrected chi connectivity index (χ3v) is 4.67. The maximum Gasteiger partial charge on any atom is 0.238 e. The van der Waals surface area contributed by atoms with E-state index < -0.39 is 0 Å². The van der Waals surface area contributed by atoms with Gasteiger partial charge in [-0.15, -0.1) is 0 Å². The standard InChI is InChI=1S/C13H13BrN2O2/c1-7-10(14)5-6-11(15-7)16-12(17)8-3-2-4-9(8)13(16)18/h5-6,8-9H,2-4H2,1H3. The second-order valence-corrected chi connectivity index (χ2v) is 5.75. The van der Waals surface area contributed by atoms with E-state index in [2.05, 4.69) is 20.9 Å². The number of anilines is 1. The molecule has 5 heteroatoms. The first-order valence-corrected chi connectivity index (χ1v) is 6.90. The summed E-state index contributed by atoms with van der Waals surface area (Å²) in [6, 6.07) is 3.54. The van der Waals surface area contributed by atoms with Gasteiger partial charge in [-0.1, -0.05) is 6.42 Å². The second-order valence-electron chi connectivity index (χ2n) is 4.89. The Balaban J connectivity index is 1.99. The molecule has 2 aliphatic rings. The van der Waals surface area contributed by atoms with E-state index in [0.29, 0.717) is 5.82 Å². The van der Waals surface area contributed by atoms with Gasteiger partial charge in [-0.3, -0.25) is 9.59 Å². The molecule has 2 amide bonds. The first-order valence-electron chi connectivity index (χ1n) is 6.10. The van der Waals surface area contributed by atoms with Crippen LogP contribution in [0.15, 0.2) is 16.6 Å². The number of fused-ring (bicyclic) bond motifs is 1. The molecule has 1 saturated heterocycles. The highest BCUT2D eigenvalue weighted by molar-refractivity contribution is 9.10. The third-order valence-electron chi connectivity index (χ3n) is 3.83. The summed E-state index contributed by atoms with van der Waals surface area (Å²) in [5.41, 5.74) is 0.783.